The van der Waals surface area contributed by atoms with Crippen molar-refractivity contribution in [3.8, 4) is 0 Å². The minimum Gasteiger partial charge on any atom is -0.480 e. The number of H-pyrrole nitrogens is 2. The van der Waals surface area contributed by atoms with Crippen LogP contribution in [0.2, 0.25) is 0 Å². The van der Waals surface area contributed by atoms with Gasteiger partial charge in [-0.3, -0.25) is 9.67 Å². The van der Waals surface area contributed by atoms with Crippen molar-refractivity contribution in [2.75, 3.05) is 0 Å². The van der Waals surface area contributed by atoms with Crippen molar-refractivity contribution in [3.05, 3.63) is 33.3 Å². The fourth-order valence-electron chi connectivity index (χ4n) is 1.96. The monoisotopic (exact) mass is 265 g/mol. The van der Waals surface area contributed by atoms with E-state index in [1.165, 1.54) is 6.92 Å². The summed E-state index contributed by atoms with van der Waals surface area (Å²) in [5.41, 5.74) is 2.08. The Hall–Kier alpha value is -2.38. The zero-order chi connectivity index (χ0) is 14.2. The van der Waals surface area contributed by atoms with Crippen molar-refractivity contribution in [1.29, 1.82) is 0 Å². The van der Waals surface area contributed by atoms with Gasteiger partial charge < -0.3 is 5.11 Å². The Bertz CT molecular complexity index is 647. The first-order valence-corrected chi connectivity index (χ1v) is 5.80. The molecule has 0 saturated heterocycles. The van der Waals surface area contributed by atoms with Crippen LogP contribution in [0, 0.1) is 13.8 Å². The van der Waals surface area contributed by atoms with E-state index in [0.717, 1.165) is 21.5 Å². The number of aliphatic carboxylic acids is 1. The second-order valence-electron chi connectivity index (χ2n) is 4.42. The lowest BCUT2D eigenvalue weighted by Gasteiger charge is -2.09. The Morgan fingerprint density at radius 2 is 2.05 bits per heavy atom. The molecule has 102 valence electrons. The first-order chi connectivity index (χ1) is 8.91. The first kappa shape index (κ1) is 13.1. The smallest absolute Gasteiger partial charge is 0.344 e. The number of nitrogens with one attached hydrogen (secondary N) is 2. The van der Waals surface area contributed by atoms with Crippen LogP contribution >= 0.6 is 0 Å². The minimum atomic E-state index is -1.08. The van der Waals surface area contributed by atoms with Gasteiger partial charge in [-0.25, -0.2) is 14.7 Å². The molecule has 8 heteroatoms. The molecule has 0 aromatic carbocycles. The van der Waals surface area contributed by atoms with E-state index in [1.54, 1.807) is 0 Å². The van der Waals surface area contributed by atoms with Crippen LogP contribution in [0.1, 0.15) is 35.7 Å². The number of carboxylic acid groups (broad SMARTS) is 1. The number of carboxylic acids is 1. The van der Waals surface area contributed by atoms with Crippen molar-refractivity contribution in [2.24, 2.45) is 0 Å². The molecule has 2 aromatic heterocycles. The Morgan fingerprint density at radius 1 is 1.37 bits per heavy atom. The number of hydrogen-bond donors (Lipinski definition) is 3. The van der Waals surface area contributed by atoms with Gasteiger partial charge in [0.15, 0.2) is 0 Å². The average molecular weight is 265 g/mol. The van der Waals surface area contributed by atoms with Crippen molar-refractivity contribution in [2.45, 2.75) is 33.2 Å². The molecule has 2 rings (SSSR count). The van der Waals surface area contributed by atoms with Crippen LogP contribution in [0.5, 0.6) is 0 Å². The number of aromatic amines is 2. The van der Waals surface area contributed by atoms with Crippen LogP contribution in [0.15, 0.2) is 4.79 Å². The molecule has 0 aliphatic carbocycles. The summed E-state index contributed by atoms with van der Waals surface area (Å²) in [5.74, 6) is -0.696. The van der Waals surface area contributed by atoms with Gasteiger partial charge in [-0.1, -0.05) is 0 Å². The molecule has 2 aromatic rings. The van der Waals surface area contributed by atoms with E-state index in [-0.39, 0.29) is 0 Å². The molecule has 0 unspecified atom stereocenters. The summed E-state index contributed by atoms with van der Waals surface area (Å²) in [6.07, 6.45) is 0.352. The molecule has 3 N–H and O–H groups in total. The summed E-state index contributed by atoms with van der Waals surface area (Å²) in [7, 11) is 0. The summed E-state index contributed by atoms with van der Waals surface area (Å²) >= 11 is 0. The molecular weight excluding hydrogens is 250 g/mol. The molecule has 0 aliphatic rings. The lowest BCUT2D eigenvalue weighted by Crippen LogP contribution is -2.27. The Balaban J connectivity index is 2.42. The minimum absolute atomic E-state index is 0.352. The maximum absolute atomic E-state index is 11.6. The Kier molecular flexibility index (Phi) is 3.24. The molecule has 0 spiro atoms. The third kappa shape index (κ3) is 2.28. The molecule has 0 saturated carbocycles. The van der Waals surface area contributed by atoms with Gasteiger partial charge in [-0.05, 0) is 20.8 Å². The van der Waals surface area contributed by atoms with E-state index in [0.29, 0.717) is 12.2 Å². The highest BCUT2D eigenvalue weighted by molar-refractivity contribution is 5.71. The Labute approximate surface area is 108 Å². The topological polar surface area (TPSA) is 117 Å². The van der Waals surface area contributed by atoms with Crippen LogP contribution in [0.4, 0.5) is 0 Å². The fraction of sp³-hybridized carbons (Fsp3) is 0.455. The number of aryl methyl sites for hydroxylation is 2. The van der Waals surface area contributed by atoms with E-state index in [2.05, 4.69) is 20.4 Å². The largest absolute Gasteiger partial charge is 0.480 e. The fourth-order valence-corrected chi connectivity index (χ4v) is 1.96. The molecule has 0 aliphatic heterocycles. The summed E-state index contributed by atoms with van der Waals surface area (Å²) < 4.78 is 1.15. The van der Waals surface area contributed by atoms with Gasteiger partial charge in [-0.2, -0.15) is 10.2 Å². The van der Waals surface area contributed by atoms with Crippen molar-refractivity contribution >= 4 is 5.97 Å². The second kappa shape index (κ2) is 4.71. The zero-order valence-corrected chi connectivity index (χ0v) is 10.9. The second-order valence-corrected chi connectivity index (χ2v) is 4.42. The van der Waals surface area contributed by atoms with Crippen LogP contribution < -0.4 is 5.69 Å². The number of hydrogen-bond acceptors (Lipinski definition) is 4. The lowest BCUT2D eigenvalue weighted by atomic mass is 10.1. The number of carbonyl (C=O) groups is 1. The molecule has 0 bridgehead atoms. The molecule has 1 atom stereocenters. The normalized spacial score (nSPS) is 12.6. The van der Waals surface area contributed by atoms with Crippen molar-refractivity contribution < 1.29 is 9.90 Å². The molecule has 0 radical (unpaired) electrons. The van der Waals surface area contributed by atoms with Crippen molar-refractivity contribution in [3.63, 3.8) is 0 Å². The van der Waals surface area contributed by atoms with Gasteiger partial charge in [-0.15, -0.1) is 0 Å². The maximum Gasteiger partial charge on any atom is 0.344 e. The van der Waals surface area contributed by atoms with Gasteiger partial charge in [0.25, 0.3) is 0 Å². The predicted octanol–water partition coefficient (Wildman–Crippen LogP) is 0.148. The summed E-state index contributed by atoms with van der Waals surface area (Å²) in [5, 5.41) is 22.1. The maximum atomic E-state index is 11.6. The predicted molar refractivity (Wildman–Crippen MR) is 66.1 cm³/mol. The van der Waals surface area contributed by atoms with Gasteiger partial charge in [0.05, 0.1) is 5.69 Å². The van der Waals surface area contributed by atoms with Crippen LogP contribution in [-0.4, -0.2) is 36.0 Å². The van der Waals surface area contributed by atoms with E-state index < -0.39 is 17.7 Å². The number of aromatic nitrogens is 5. The van der Waals surface area contributed by atoms with E-state index in [1.807, 2.05) is 13.8 Å². The third-order valence-electron chi connectivity index (χ3n) is 3.14. The highest BCUT2D eigenvalue weighted by atomic mass is 16.4. The highest BCUT2D eigenvalue weighted by Crippen LogP contribution is 2.15. The number of nitrogens with zero attached hydrogens (tertiary/aromatic N) is 3. The van der Waals surface area contributed by atoms with Crippen LogP contribution in [0.3, 0.4) is 0 Å². The molecule has 0 amide bonds. The quantitative estimate of drug-likeness (QED) is 0.727. The standard InChI is InChI=1S/C11H15N5O3/c1-5-8(6(2)13-12-5)4-9-14-15-11(19)16(9)7(3)10(17)18/h7H,4H2,1-3H3,(H,12,13)(H,15,19)(H,17,18)/t7-/m0/s1. The molecule has 8 nitrogen and oxygen atoms in total. The van der Waals surface area contributed by atoms with Crippen molar-refractivity contribution in [1.82, 2.24) is 25.0 Å². The van der Waals surface area contributed by atoms with Crippen LogP contribution in [-0.2, 0) is 11.2 Å². The lowest BCUT2D eigenvalue weighted by molar-refractivity contribution is -0.140. The first-order valence-electron chi connectivity index (χ1n) is 5.80. The van der Waals surface area contributed by atoms with Crippen LogP contribution in [0.25, 0.3) is 0 Å². The number of rotatable bonds is 4. The van der Waals surface area contributed by atoms with E-state index in [9.17, 15) is 9.59 Å². The van der Waals surface area contributed by atoms with Gasteiger partial charge in [0.1, 0.15) is 11.9 Å². The van der Waals surface area contributed by atoms with Gasteiger partial charge in [0.2, 0.25) is 0 Å². The third-order valence-corrected chi connectivity index (χ3v) is 3.14. The van der Waals surface area contributed by atoms with E-state index in [4.69, 9.17) is 5.11 Å². The molecule has 2 heterocycles. The Morgan fingerprint density at radius 3 is 2.58 bits per heavy atom. The SMILES string of the molecule is Cc1n[nH]c(C)c1Cc1n[nH]c(=O)n1[C@@H](C)C(=O)O. The molecule has 0 fully saturated rings. The van der Waals surface area contributed by atoms with E-state index >= 15 is 0 Å². The zero-order valence-electron chi connectivity index (χ0n) is 10.9. The summed E-state index contributed by atoms with van der Waals surface area (Å²) in [6.45, 7) is 5.15. The molecule has 19 heavy (non-hydrogen) atoms. The molecular formula is C11H15N5O3. The average Bonchev–Trinajstić information content (AvgIpc) is 2.86. The highest BCUT2D eigenvalue weighted by Gasteiger charge is 2.21. The summed E-state index contributed by atoms with van der Waals surface area (Å²) in [4.78, 5) is 22.7. The van der Waals surface area contributed by atoms with Gasteiger partial charge in [0, 0.05) is 17.7 Å². The summed E-state index contributed by atoms with van der Waals surface area (Å²) in [6, 6.07) is -0.964. The van der Waals surface area contributed by atoms with Gasteiger partial charge >= 0.3 is 11.7 Å².